The van der Waals surface area contributed by atoms with E-state index in [1.165, 1.54) is 0 Å². The number of hydrogen-bond donors (Lipinski definition) is 1. The average Bonchev–Trinajstić information content (AvgIpc) is 1.86. The van der Waals surface area contributed by atoms with Gasteiger partial charge in [0.05, 0.1) is 4.90 Å². The summed E-state index contributed by atoms with van der Waals surface area (Å²) < 4.78 is 41.4. The van der Waals surface area contributed by atoms with Crippen LogP contribution in [0.25, 0.3) is 0 Å². The van der Waals surface area contributed by atoms with Crippen LogP contribution in [0.2, 0.25) is 0 Å². The predicted molar refractivity (Wildman–Crippen MR) is 43.5 cm³/mol. The fraction of sp³-hybridized carbons (Fsp3) is 0. The largest absolute Gasteiger partial charge is 0.294 e. The molecule has 6 heteroatoms. The SMILES string of the molecule is Cl.O=S(=O)(O)c1ccc(F)cc1. The molecule has 0 amide bonds. The molecule has 0 fully saturated rings. The Labute approximate surface area is 75.4 Å². The second-order valence-electron chi connectivity index (χ2n) is 1.93. The Kier molecular flexibility index (Phi) is 3.63. The Morgan fingerprint density at radius 2 is 1.58 bits per heavy atom. The first-order valence-electron chi connectivity index (χ1n) is 2.73. The van der Waals surface area contributed by atoms with Gasteiger partial charge in [0, 0.05) is 0 Å². The highest BCUT2D eigenvalue weighted by Crippen LogP contribution is 2.08. The molecule has 68 valence electrons. The maximum atomic E-state index is 12.2. The van der Waals surface area contributed by atoms with Gasteiger partial charge in [0.2, 0.25) is 0 Å². The number of hydrogen-bond acceptors (Lipinski definition) is 2. The molecule has 0 spiro atoms. The first-order chi connectivity index (χ1) is 5.00. The molecule has 0 heterocycles. The standard InChI is InChI=1S/C6H5FO3S.ClH/c7-5-1-3-6(4-2-5)11(8,9)10;/h1-4H,(H,8,9,10);1H. The average molecular weight is 213 g/mol. The van der Waals surface area contributed by atoms with E-state index in [0.717, 1.165) is 24.3 Å². The van der Waals surface area contributed by atoms with Gasteiger partial charge in [-0.15, -0.1) is 12.4 Å². The fourth-order valence-corrected chi connectivity index (χ4v) is 1.09. The summed E-state index contributed by atoms with van der Waals surface area (Å²) in [7, 11) is -4.19. The normalized spacial score (nSPS) is 10.5. The summed E-state index contributed by atoms with van der Waals surface area (Å²) >= 11 is 0. The molecule has 0 saturated carbocycles. The van der Waals surface area contributed by atoms with Gasteiger partial charge in [-0.25, -0.2) is 4.39 Å². The minimum atomic E-state index is -4.19. The highest BCUT2D eigenvalue weighted by molar-refractivity contribution is 7.85. The number of rotatable bonds is 1. The van der Waals surface area contributed by atoms with Gasteiger partial charge >= 0.3 is 0 Å². The quantitative estimate of drug-likeness (QED) is 0.718. The van der Waals surface area contributed by atoms with Gasteiger partial charge in [-0.3, -0.25) is 4.55 Å². The summed E-state index contributed by atoms with van der Waals surface area (Å²) in [5.74, 6) is -0.544. The van der Waals surface area contributed by atoms with Gasteiger partial charge in [0.1, 0.15) is 5.82 Å². The number of halogens is 2. The van der Waals surface area contributed by atoms with Crippen LogP contribution in [-0.4, -0.2) is 13.0 Å². The summed E-state index contributed by atoms with van der Waals surface area (Å²) in [5.41, 5.74) is 0. The molecule has 0 atom stereocenters. The second kappa shape index (κ2) is 3.84. The molecule has 0 aromatic heterocycles. The van der Waals surface area contributed by atoms with Gasteiger partial charge < -0.3 is 0 Å². The van der Waals surface area contributed by atoms with Crippen molar-refractivity contribution in [1.82, 2.24) is 0 Å². The molecule has 0 bridgehead atoms. The Morgan fingerprint density at radius 3 is 1.92 bits per heavy atom. The monoisotopic (exact) mass is 212 g/mol. The Morgan fingerprint density at radius 1 is 1.17 bits per heavy atom. The van der Waals surface area contributed by atoms with Crippen LogP contribution in [0.4, 0.5) is 4.39 Å². The Bertz CT molecular complexity index is 346. The van der Waals surface area contributed by atoms with Crippen molar-refractivity contribution in [2.45, 2.75) is 4.90 Å². The van der Waals surface area contributed by atoms with Gasteiger partial charge in [-0.2, -0.15) is 8.42 Å². The van der Waals surface area contributed by atoms with Crippen molar-refractivity contribution in [3.63, 3.8) is 0 Å². The lowest BCUT2D eigenvalue weighted by Gasteiger charge is -1.93. The zero-order valence-electron chi connectivity index (χ0n) is 5.77. The summed E-state index contributed by atoms with van der Waals surface area (Å²) in [6.45, 7) is 0. The smallest absolute Gasteiger partial charge is 0.282 e. The van der Waals surface area contributed by atoms with Crippen LogP contribution in [0.3, 0.4) is 0 Å². The maximum Gasteiger partial charge on any atom is 0.294 e. The lowest BCUT2D eigenvalue weighted by atomic mass is 10.4. The molecular formula is C6H6ClFO3S. The van der Waals surface area contributed by atoms with E-state index in [2.05, 4.69) is 0 Å². The summed E-state index contributed by atoms with van der Waals surface area (Å²) in [6.07, 6.45) is 0. The molecule has 1 aromatic rings. The minimum Gasteiger partial charge on any atom is -0.282 e. The molecule has 3 nitrogen and oxygen atoms in total. The molecule has 1 rings (SSSR count). The second-order valence-corrected chi connectivity index (χ2v) is 3.35. The van der Waals surface area contributed by atoms with Crippen LogP contribution >= 0.6 is 12.4 Å². The minimum absolute atomic E-state index is 0. The van der Waals surface area contributed by atoms with Crippen molar-refractivity contribution in [3.8, 4) is 0 Å². The van der Waals surface area contributed by atoms with E-state index in [9.17, 15) is 12.8 Å². The third kappa shape index (κ3) is 2.77. The summed E-state index contributed by atoms with van der Waals surface area (Å²) in [6, 6.07) is 3.90. The molecule has 0 saturated heterocycles. The molecule has 0 unspecified atom stereocenters. The van der Waals surface area contributed by atoms with Gasteiger partial charge in [-0.1, -0.05) is 0 Å². The van der Waals surface area contributed by atoms with Crippen LogP contribution in [0.15, 0.2) is 29.2 Å². The zero-order chi connectivity index (χ0) is 8.48. The lowest BCUT2D eigenvalue weighted by Crippen LogP contribution is -1.97. The highest BCUT2D eigenvalue weighted by atomic mass is 35.5. The highest BCUT2D eigenvalue weighted by Gasteiger charge is 2.07. The predicted octanol–water partition coefficient (Wildman–Crippen LogP) is 1.49. The van der Waals surface area contributed by atoms with Crippen molar-refractivity contribution in [1.29, 1.82) is 0 Å². The molecule has 0 aliphatic heterocycles. The van der Waals surface area contributed by atoms with E-state index in [1.807, 2.05) is 0 Å². The van der Waals surface area contributed by atoms with E-state index in [4.69, 9.17) is 4.55 Å². The van der Waals surface area contributed by atoms with Crippen LogP contribution in [0, 0.1) is 5.82 Å². The summed E-state index contributed by atoms with van der Waals surface area (Å²) in [5, 5.41) is 0. The Balaban J connectivity index is 0.00000121. The van der Waals surface area contributed by atoms with Crippen LogP contribution in [0.5, 0.6) is 0 Å². The van der Waals surface area contributed by atoms with Crippen molar-refractivity contribution in [3.05, 3.63) is 30.1 Å². The third-order valence-corrected chi connectivity index (χ3v) is 1.98. The topological polar surface area (TPSA) is 54.4 Å². The number of benzene rings is 1. The lowest BCUT2D eigenvalue weighted by molar-refractivity contribution is 0.483. The van der Waals surface area contributed by atoms with E-state index in [1.54, 1.807) is 0 Å². The van der Waals surface area contributed by atoms with E-state index < -0.39 is 15.9 Å². The Hall–Kier alpha value is -0.650. The van der Waals surface area contributed by atoms with Crippen LogP contribution in [0.1, 0.15) is 0 Å². The molecular weight excluding hydrogens is 207 g/mol. The molecule has 1 aromatic carbocycles. The third-order valence-electron chi connectivity index (χ3n) is 1.11. The van der Waals surface area contributed by atoms with Gasteiger partial charge in [0.15, 0.2) is 0 Å². The molecule has 0 radical (unpaired) electrons. The molecule has 0 aliphatic carbocycles. The van der Waals surface area contributed by atoms with Gasteiger partial charge in [-0.05, 0) is 24.3 Å². The van der Waals surface area contributed by atoms with Crippen molar-refractivity contribution in [2.75, 3.05) is 0 Å². The fourth-order valence-electron chi connectivity index (χ4n) is 0.607. The maximum absolute atomic E-state index is 12.2. The van der Waals surface area contributed by atoms with Gasteiger partial charge in [0.25, 0.3) is 10.1 Å². The van der Waals surface area contributed by atoms with E-state index in [0.29, 0.717) is 0 Å². The summed E-state index contributed by atoms with van der Waals surface area (Å²) in [4.78, 5) is -0.307. The van der Waals surface area contributed by atoms with E-state index in [-0.39, 0.29) is 17.3 Å². The van der Waals surface area contributed by atoms with Crippen LogP contribution in [-0.2, 0) is 10.1 Å². The van der Waals surface area contributed by atoms with Crippen LogP contribution < -0.4 is 0 Å². The van der Waals surface area contributed by atoms with Crippen molar-refractivity contribution in [2.24, 2.45) is 0 Å². The van der Waals surface area contributed by atoms with Crippen molar-refractivity contribution >= 4 is 22.5 Å². The first kappa shape index (κ1) is 11.4. The zero-order valence-corrected chi connectivity index (χ0v) is 7.40. The molecule has 0 aliphatic rings. The molecule has 12 heavy (non-hydrogen) atoms. The van der Waals surface area contributed by atoms with Crippen molar-refractivity contribution < 1.29 is 17.4 Å². The van der Waals surface area contributed by atoms with E-state index >= 15 is 0 Å². The first-order valence-corrected chi connectivity index (χ1v) is 4.17. The molecule has 1 N–H and O–H groups in total.